The quantitative estimate of drug-likeness (QED) is 0.735. The second-order valence-electron chi connectivity index (χ2n) is 4.29. The van der Waals surface area contributed by atoms with Crippen LogP contribution in [0.25, 0.3) is 16.6 Å². The van der Waals surface area contributed by atoms with Crippen LogP contribution in [-0.4, -0.2) is 9.97 Å². The summed E-state index contributed by atoms with van der Waals surface area (Å²) >= 11 is 0. The summed E-state index contributed by atoms with van der Waals surface area (Å²) in [6.07, 6.45) is 8.82. The molecule has 0 atom stereocenters. The first-order valence-corrected chi connectivity index (χ1v) is 5.95. The Bertz CT molecular complexity index is 624. The number of hydrogen-bond acceptors (Lipinski definition) is 2. The molecule has 1 aliphatic rings. The summed E-state index contributed by atoms with van der Waals surface area (Å²) in [5.74, 6) is 0. The number of benzene rings is 1. The van der Waals surface area contributed by atoms with Crippen molar-refractivity contribution in [3.05, 3.63) is 53.9 Å². The zero-order chi connectivity index (χ0) is 11.7. The van der Waals surface area contributed by atoms with Crippen molar-refractivity contribution in [2.24, 2.45) is 0 Å². The van der Waals surface area contributed by atoms with Crippen LogP contribution in [0.5, 0.6) is 0 Å². The van der Waals surface area contributed by atoms with Gasteiger partial charge in [0.15, 0.2) is 0 Å². The molecule has 3 rings (SSSR count). The maximum atomic E-state index is 4.72. The van der Waals surface area contributed by atoms with Gasteiger partial charge < -0.3 is 0 Å². The largest absolute Gasteiger partial charge is 0.249 e. The SMILES string of the molecule is Cc1nc2ccccc2nc1C1=CCCC=C1. The number of rotatable bonds is 1. The first-order chi connectivity index (χ1) is 8.34. The van der Waals surface area contributed by atoms with Gasteiger partial charge in [-0.2, -0.15) is 0 Å². The lowest BCUT2D eigenvalue weighted by Crippen LogP contribution is -1.98. The van der Waals surface area contributed by atoms with Gasteiger partial charge in [0, 0.05) is 0 Å². The van der Waals surface area contributed by atoms with Crippen LogP contribution in [0.3, 0.4) is 0 Å². The molecule has 1 aromatic heterocycles. The molecule has 0 spiro atoms. The Labute approximate surface area is 101 Å². The predicted octanol–water partition coefficient (Wildman–Crippen LogP) is 3.67. The highest BCUT2D eigenvalue weighted by atomic mass is 14.8. The predicted molar refractivity (Wildman–Crippen MR) is 70.6 cm³/mol. The second kappa shape index (κ2) is 4.13. The molecule has 0 saturated heterocycles. The van der Waals surface area contributed by atoms with Gasteiger partial charge in [0.2, 0.25) is 0 Å². The van der Waals surface area contributed by atoms with Gasteiger partial charge in [0.1, 0.15) is 0 Å². The van der Waals surface area contributed by atoms with Crippen LogP contribution in [0, 0.1) is 6.92 Å². The highest BCUT2D eigenvalue weighted by Gasteiger charge is 2.09. The van der Waals surface area contributed by atoms with Crippen molar-refractivity contribution in [2.75, 3.05) is 0 Å². The van der Waals surface area contributed by atoms with E-state index in [1.807, 2.05) is 31.2 Å². The molecule has 84 valence electrons. The Morgan fingerprint density at radius 1 is 1.00 bits per heavy atom. The summed E-state index contributed by atoms with van der Waals surface area (Å²) in [5.41, 5.74) is 5.15. The molecule has 0 N–H and O–H groups in total. The summed E-state index contributed by atoms with van der Waals surface area (Å²) in [6.45, 7) is 2.03. The summed E-state index contributed by atoms with van der Waals surface area (Å²) in [4.78, 5) is 9.33. The minimum absolute atomic E-state index is 0.966. The number of aromatic nitrogens is 2. The Balaban J connectivity index is 2.19. The molecule has 2 nitrogen and oxygen atoms in total. The fourth-order valence-corrected chi connectivity index (χ4v) is 2.15. The van der Waals surface area contributed by atoms with Gasteiger partial charge in [-0.15, -0.1) is 0 Å². The molecule has 1 aliphatic carbocycles. The molecule has 2 aromatic rings. The number of nitrogens with zero attached hydrogens (tertiary/aromatic N) is 2. The first-order valence-electron chi connectivity index (χ1n) is 5.95. The average Bonchev–Trinajstić information content (AvgIpc) is 2.39. The van der Waals surface area contributed by atoms with Crippen LogP contribution in [-0.2, 0) is 0 Å². The Morgan fingerprint density at radius 3 is 2.47 bits per heavy atom. The molecule has 0 aliphatic heterocycles. The number of aryl methyl sites for hydroxylation is 1. The number of allylic oxidation sites excluding steroid dienone is 4. The maximum Gasteiger partial charge on any atom is 0.0918 e. The lowest BCUT2D eigenvalue weighted by molar-refractivity contribution is 1.03. The molecule has 17 heavy (non-hydrogen) atoms. The fraction of sp³-hybridized carbons (Fsp3) is 0.200. The van der Waals surface area contributed by atoms with Crippen molar-refractivity contribution in [1.29, 1.82) is 0 Å². The minimum atomic E-state index is 0.966. The van der Waals surface area contributed by atoms with Crippen LogP contribution < -0.4 is 0 Å². The van der Waals surface area contributed by atoms with E-state index in [1.165, 1.54) is 5.57 Å². The standard InChI is InChI=1S/C15H14N2/c1-11-15(12-7-3-2-4-8-12)17-14-10-6-5-9-13(14)16-11/h3,5-10H,2,4H2,1H3. The summed E-state index contributed by atoms with van der Waals surface area (Å²) in [5, 5.41) is 0. The lowest BCUT2D eigenvalue weighted by atomic mass is 10.0. The molecule has 2 heteroatoms. The van der Waals surface area contributed by atoms with E-state index in [4.69, 9.17) is 4.98 Å². The Hall–Kier alpha value is -1.96. The molecular weight excluding hydrogens is 208 g/mol. The van der Waals surface area contributed by atoms with Gasteiger partial charge in [-0.1, -0.05) is 30.4 Å². The zero-order valence-corrected chi connectivity index (χ0v) is 9.85. The smallest absolute Gasteiger partial charge is 0.0918 e. The van der Waals surface area contributed by atoms with Crippen LogP contribution in [0.4, 0.5) is 0 Å². The van der Waals surface area contributed by atoms with Crippen molar-refractivity contribution >= 4 is 16.6 Å². The third-order valence-electron chi connectivity index (χ3n) is 3.01. The lowest BCUT2D eigenvalue weighted by Gasteiger charge is -2.09. The van der Waals surface area contributed by atoms with Gasteiger partial charge in [-0.25, -0.2) is 9.97 Å². The summed E-state index contributed by atoms with van der Waals surface area (Å²) < 4.78 is 0. The minimum Gasteiger partial charge on any atom is -0.249 e. The van der Waals surface area contributed by atoms with Gasteiger partial charge in [0.25, 0.3) is 0 Å². The molecule has 0 bridgehead atoms. The van der Waals surface area contributed by atoms with E-state index >= 15 is 0 Å². The van der Waals surface area contributed by atoms with Crippen molar-refractivity contribution < 1.29 is 0 Å². The molecular formula is C15H14N2. The second-order valence-corrected chi connectivity index (χ2v) is 4.29. The molecule has 0 unspecified atom stereocenters. The van der Waals surface area contributed by atoms with Gasteiger partial charge >= 0.3 is 0 Å². The maximum absolute atomic E-state index is 4.72. The number of hydrogen-bond donors (Lipinski definition) is 0. The Kier molecular flexibility index (Phi) is 2.48. The topological polar surface area (TPSA) is 25.8 Å². The fourth-order valence-electron chi connectivity index (χ4n) is 2.15. The van der Waals surface area contributed by atoms with E-state index in [1.54, 1.807) is 0 Å². The van der Waals surface area contributed by atoms with Crippen LogP contribution in [0.15, 0.2) is 42.5 Å². The molecule has 1 heterocycles. The third kappa shape index (κ3) is 1.86. The molecule has 1 aromatic carbocycles. The molecule has 0 radical (unpaired) electrons. The van der Waals surface area contributed by atoms with Crippen molar-refractivity contribution in [2.45, 2.75) is 19.8 Å². The molecule has 0 saturated carbocycles. The number of fused-ring (bicyclic) bond motifs is 1. The molecule has 0 amide bonds. The highest BCUT2D eigenvalue weighted by Crippen LogP contribution is 2.23. The van der Waals surface area contributed by atoms with Crippen LogP contribution in [0.2, 0.25) is 0 Å². The van der Waals surface area contributed by atoms with E-state index in [9.17, 15) is 0 Å². The van der Waals surface area contributed by atoms with E-state index in [2.05, 4.69) is 23.2 Å². The van der Waals surface area contributed by atoms with Crippen molar-refractivity contribution in [1.82, 2.24) is 9.97 Å². The average molecular weight is 222 g/mol. The van der Waals surface area contributed by atoms with Gasteiger partial charge in [-0.3, -0.25) is 0 Å². The summed E-state index contributed by atoms with van der Waals surface area (Å²) in [6, 6.07) is 8.01. The number of para-hydroxylation sites is 2. The first kappa shape index (κ1) is 10.2. The van der Waals surface area contributed by atoms with Crippen LogP contribution >= 0.6 is 0 Å². The normalized spacial score (nSPS) is 15.0. The monoisotopic (exact) mass is 222 g/mol. The summed E-state index contributed by atoms with van der Waals surface area (Å²) in [7, 11) is 0. The van der Waals surface area contributed by atoms with Crippen molar-refractivity contribution in [3.63, 3.8) is 0 Å². The Morgan fingerprint density at radius 2 is 1.76 bits per heavy atom. The van der Waals surface area contributed by atoms with Crippen LogP contribution in [0.1, 0.15) is 24.2 Å². The van der Waals surface area contributed by atoms with E-state index in [-0.39, 0.29) is 0 Å². The zero-order valence-electron chi connectivity index (χ0n) is 9.85. The van der Waals surface area contributed by atoms with Crippen molar-refractivity contribution in [3.8, 4) is 0 Å². The molecule has 0 fully saturated rings. The van der Waals surface area contributed by atoms with Gasteiger partial charge in [0.05, 0.1) is 22.4 Å². The van der Waals surface area contributed by atoms with Gasteiger partial charge in [-0.05, 0) is 37.5 Å². The van der Waals surface area contributed by atoms with E-state index in [0.717, 1.165) is 35.3 Å². The van der Waals surface area contributed by atoms with E-state index < -0.39 is 0 Å². The third-order valence-corrected chi connectivity index (χ3v) is 3.01. The highest BCUT2D eigenvalue weighted by molar-refractivity contribution is 5.80. The van der Waals surface area contributed by atoms with E-state index in [0.29, 0.717) is 0 Å².